The molecule has 1 amide bonds. The molecule has 7 nitrogen and oxygen atoms in total. The summed E-state index contributed by atoms with van der Waals surface area (Å²) in [6, 6.07) is 7.49. The van der Waals surface area contributed by atoms with Crippen molar-refractivity contribution in [3.8, 4) is 11.3 Å². The summed E-state index contributed by atoms with van der Waals surface area (Å²) < 4.78 is 43.2. The number of halogens is 3. The highest BCUT2D eigenvalue weighted by atomic mass is 19.4. The molecule has 0 aliphatic carbocycles. The van der Waals surface area contributed by atoms with Crippen LogP contribution in [0.3, 0.4) is 0 Å². The molecule has 0 unspecified atom stereocenters. The normalized spacial score (nSPS) is 14.9. The number of hydrogen-bond acceptors (Lipinski definition) is 6. The number of nitrogens with zero attached hydrogens (tertiary/aromatic N) is 5. The summed E-state index contributed by atoms with van der Waals surface area (Å²) in [5.41, 5.74) is 0.132. The van der Waals surface area contributed by atoms with Gasteiger partial charge < -0.3 is 14.3 Å². The summed E-state index contributed by atoms with van der Waals surface area (Å²) in [5.74, 6) is 0.642. The lowest BCUT2D eigenvalue weighted by molar-refractivity contribution is -0.137. The van der Waals surface area contributed by atoms with E-state index >= 15 is 0 Å². The van der Waals surface area contributed by atoms with Crippen molar-refractivity contribution in [2.45, 2.75) is 6.18 Å². The lowest BCUT2D eigenvalue weighted by Gasteiger charge is -2.35. The van der Waals surface area contributed by atoms with Gasteiger partial charge in [-0.3, -0.25) is 9.78 Å². The quantitative estimate of drug-likeness (QED) is 0.669. The number of aromatic nitrogens is 3. The third kappa shape index (κ3) is 4.05. The molecule has 1 fully saturated rings. The number of carbonyl (C=O) groups excluding carboxylic acids is 1. The van der Waals surface area contributed by atoms with E-state index in [-0.39, 0.29) is 11.6 Å². The van der Waals surface area contributed by atoms with Gasteiger partial charge in [0.25, 0.3) is 5.91 Å². The molecule has 10 heteroatoms. The first-order valence-electron chi connectivity index (χ1n) is 8.86. The second kappa shape index (κ2) is 7.53. The zero-order chi connectivity index (χ0) is 20.4. The standard InChI is InChI=1S/C19H16F3N5O2/c20-19(21,22)14-3-4-17(24-12-14)26-6-8-27(9-7-26)18(28)15-10-16(29-25-15)13-2-1-5-23-11-13/h1-5,10-12H,6-9H2. The highest BCUT2D eigenvalue weighted by Gasteiger charge is 2.31. The van der Waals surface area contributed by atoms with Gasteiger partial charge in [0.15, 0.2) is 11.5 Å². The van der Waals surface area contributed by atoms with Crippen molar-refractivity contribution >= 4 is 11.7 Å². The third-order valence-electron chi connectivity index (χ3n) is 4.64. The molecule has 3 aromatic heterocycles. The molecule has 4 heterocycles. The van der Waals surface area contributed by atoms with E-state index in [0.29, 0.717) is 37.8 Å². The second-order valence-corrected chi connectivity index (χ2v) is 6.50. The van der Waals surface area contributed by atoms with Crippen LogP contribution in [-0.4, -0.2) is 52.1 Å². The fourth-order valence-electron chi connectivity index (χ4n) is 3.06. The fourth-order valence-corrected chi connectivity index (χ4v) is 3.06. The van der Waals surface area contributed by atoms with Gasteiger partial charge in [-0.15, -0.1) is 0 Å². The minimum atomic E-state index is -4.41. The Morgan fingerprint density at radius 1 is 1.07 bits per heavy atom. The molecule has 150 valence electrons. The molecule has 4 rings (SSSR count). The maximum atomic E-state index is 12.7. The smallest absolute Gasteiger partial charge is 0.355 e. The zero-order valence-electron chi connectivity index (χ0n) is 15.1. The Balaban J connectivity index is 1.38. The molecule has 0 aromatic carbocycles. The first-order chi connectivity index (χ1) is 13.9. The summed E-state index contributed by atoms with van der Waals surface area (Å²) in [6.45, 7) is 1.71. The predicted molar refractivity (Wildman–Crippen MR) is 97.1 cm³/mol. The zero-order valence-corrected chi connectivity index (χ0v) is 15.1. The maximum Gasteiger partial charge on any atom is 0.417 e. The topological polar surface area (TPSA) is 75.4 Å². The van der Waals surface area contributed by atoms with Crippen LogP contribution in [0.4, 0.5) is 19.0 Å². The van der Waals surface area contributed by atoms with E-state index in [1.165, 1.54) is 6.07 Å². The van der Waals surface area contributed by atoms with Crippen molar-refractivity contribution in [3.05, 3.63) is 60.2 Å². The summed E-state index contributed by atoms with van der Waals surface area (Å²) in [4.78, 5) is 24.0. The van der Waals surface area contributed by atoms with Gasteiger partial charge in [-0.05, 0) is 24.3 Å². The van der Waals surface area contributed by atoms with Gasteiger partial charge in [0, 0.05) is 56.4 Å². The van der Waals surface area contributed by atoms with Crippen molar-refractivity contribution in [1.82, 2.24) is 20.0 Å². The van der Waals surface area contributed by atoms with Crippen LogP contribution in [-0.2, 0) is 6.18 Å². The number of rotatable bonds is 3. The van der Waals surface area contributed by atoms with Crippen LogP contribution in [0, 0.1) is 0 Å². The summed E-state index contributed by atoms with van der Waals surface area (Å²) >= 11 is 0. The molecule has 1 aliphatic rings. The summed E-state index contributed by atoms with van der Waals surface area (Å²) in [7, 11) is 0. The van der Waals surface area contributed by atoms with Gasteiger partial charge in [-0.2, -0.15) is 13.2 Å². The Bertz CT molecular complexity index is 981. The van der Waals surface area contributed by atoms with E-state index < -0.39 is 11.7 Å². The van der Waals surface area contributed by atoms with Crippen molar-refractivity contribution in [3.63, 3.8) is 0 Å². The monoisotopic (exact) mass is 403 g/mol. The van der Waals surface area contributed by atoms with Gasteiger partial charge in [0.1, 0.15) is 5.82 Å². The number of carbonyl (C=O) groups is 1. The predicted octanol–water partition coefficient (Wildman–Crippen LogP) is 3.11. The molecule has 1 saturated heterocycles. The van der Waals surface area contributed by atoms with Gasteiger partial charge in [0.2, 0.25) is 0 Å². The number of hydrogen-bond donors (Lipinski definition) is 0. The minimum absolute atomic E-state index is 0.199. The summed E-state index contributed by atoms with van der Waals surface area (Å²) in [5, 5.41) is 3.85. The van der Waals surface area contributed by atoms with Gasteiger partial charge in [-0.25, -0.2) is 4.98 Å². The van der Waals surface area contributed by atoms with Crippen LogP contribution < -0.4 is 4.90 Å². The number of amides is 1. The molecule has 0 bridgehead atoms. The molecule has 0 spiro atoms. The van der Waals surface area contributed by atoms with Crippen LogP contribution in [0.15, 0.2) is 53.4 Å². The Kier molecular flexibility index (Phi) is 4.91. The maximum absolute atomic E-state index is 12.7. The Morgan fingerprint density at radius 3 is 2.48 bits per heavy atom. The van der Waals surface area contributed by atoms with Crippen LogP contribution in [0.2, 0.25) is 0 Å². The molecular weight excluding hydrogens is 387 g/mol. The molecule has 1 aliphatic heterocycles. The van der Waals surface area contributed by atoms with Crippen molar-refractivity contribution in [2.75, 3.05) is 31.1 Å². The average Bonchev–Trinajstić information content (AvgIpc) is 3.24. The third-order valence-corrected chi connectivity index (χ3v) is 4.64. The molecule has 0 radical (unpaired) electrons. The Labute approximate surface area is 163 Å². The highest BCUT2D eigenvalue weighted by molar-refractivity contribution is 5.93. The largest absolute Gasteiger partial charge is 0.417 e. The Morgan fingerprint density at radius 2 is 1.86 bits per heavy atom. The highest BCUT2D eigenvalue weighted by Crippen LogP contribution is 2.29. The van der Waals surface area contributed by atoms with Gasteiger partial charge in [-0.1, -0.05) is 5.16 Å². The molecule has 0 atom stereocenters. The lowest BCUT2D eigenvalue weighted by atomic mass is 10.2. The van der Waals surface area contributed by atoms with Crippen LogP contribution in [0.25, 0.3) is 11.3 Å². The number of alkyl halides is 3. The summed E-state index contributed by atoms with van der Waals surface area (Å²) in [6.07, 6.45) is -0.341. The number of pyridine rings is 2. The van der Waals surface area contributed by atoms with Crippen LogP contribution >= 0.6 is 0 Å². The number of anilines is 1. The van der Waals surface area contributed by atoms with E-state index in [2.05, 4.69) is 15.1 Å². The van der Waals surface area contributed by atoms with E-state index in [0.717, 1.165) is 17.8 Å². The van der Waals surface area contributed by atoms with E-state index in [9.17, 15) is 18.0 Å². The van der Waals surface area contributed by atoms with Crippen molar-refractivity contribution in [2.24, 2.45) is 0 Å². The molecular formula is C19H16F3N5O2. The Hall–Kier alpha value is -3.43. The molecule has 0 saturated carbocycles. The SMILES string of the molecule is O=C(c1cc(-c2cccnc2)on1)N1CCN(c2ccc(C(F)(F)F)cn2)CC1. The van der Waals surface area contributed by atoms with Crippen molar-refractivity contribution < 1.29 is 22.5 Å². The van der Waals surface area contributed by atoms with Crippen LogP contribution in [0.5, 0.6) is 0 Å². The first kappa shape index (κ1) is 18.9. The molecule has 3 aromatic rings. The minimum Gasteiger partial charge on any atom is -0.355 e. The lowest BCUT2D eigenvalue weighted by Crippen LogP contribution is -2.49. The van der Waals surface area contributed by atoms with E-state index in [1.807, 2.05) is 4.90 Å². The van der Waals surface area contributed by atoms with E-state index in [4.69, 9.17) is 4.52 Å². The van der Waals surface area contributed by atoms with Gasteiger partial charge >= 0.3 is 6.18 Å². The average molecular weight is 403 g/mol. The molecule has 29 heavy (non-hydrogen) atoms. The van der Waals surface area contributed by atoms with Gasteiger partial charge in [0.05, 0.1) is 5.56 Å². The number of piperazine rings is 1. The first-order valence-corrected chi connectivity index (χ1v) is 8.86. The fraction of sp³-hybridized carbons (Fsp3) is 0.263. The molecule has 0 N–H and O–H groups in total. The van der Waals surface area contributed by atoms with Crippen molar-refractivity contribution in [1.29, 1.82) is 0 Å². The second-order valence-electron chi connectivity index (χ2n) is 6.50. The van der Waals surface area contributed by atoms with Crippen LogP contribution in [0.1, 0.15) is 16.1 Å². The van der Waals surface area contributed by atoms with E-state index in [1.54, 1.807) is 35.5 Å².